The number of carbonyl (C=O) groups excluding carboxylic acids is 1. The zero-order chi connectivity index (χ0) is 13.9. The number of rotatable bonds is 4. The van der Waals surface area contributed by atoms with Gasteiger partial charge >= 0.3 is 0 Å². The van der Waals surface area contributed by atoms with E-state index < -0.39 is 12.2 Å². The Morgan fingerprint density at radius 2 is 1.89 bits per heavy atom. The summed E-state index contributed by atoms with van der Waals surface area (Å²) in [4.78, 5) is 12.1. The monoisotopic (exact) mass is 259 g/mol. The molecule has 0 aromatic heterocycles. The molecule has 4 heteroatoms. The van der Waals surface area contributed by atoms with Crippen molar-refractivity contribution >= 4 is 16.7 Å². The lowest BCUT2D eigenvalue weighted by Gasteiger charge is -2.20. The van der Waals surface area contributed by atoms with E-state index in [2.05, 4.69) is 5.32 Å². The predicted molar refractivity (Wildman–Crippen MR) is 74.0 cm³/mol. The number of nitrogens with one attached hydrogen (secondary N) is 1. The van der Waals surface area contributed by atoms with E-state index in [0.717, 1.165) is 10.8 Å². The maximum atomic E-state index is 12.1. The normalized spacial score (nSPS) is 14.1. The summed E-state index contributed by atoms with van der Waals surface area (Å²) in [5.74, 6) is -0.259. The van der Waals surface area contributed by atoms with Gasteiger partial charge in [0.15, 0.2) is 0 Å². The number of hydrogen-bond acceptors (Lipinski definition) is 3. The van der Waals surface area contributed by atoms with Gasteiger partial charge in [-0.2, -0.15) is 0 Å². The summed E-state index contributed by atoms with van der Waals surface area (Å²) < 4.78 is 0. The average molecular weight is 259 g/mol. The predicted octanol–water partition coefficient (Wildman–Crippen LogP) is 1.31. The zero-order valence-corrected chi connectivity index (χ0v) is 10.8. The molecule has 0 saturated carbocycles. The third kappa shape index (κ3) is 3.10. The van der Waals surface area contributed by atoms with Gasteiger partial charge in [0, 0.05) is 12.1 Å². The van der Waals surface area contributed by atoms with Gasteiger partial charge in [-0.15, -0.1) is 0 Å². The van der Waals surface area contributed by atoms with Crippen molar-refractivity contribution in [3.8, 4) is 0 Å². The SMILES string of the molecule is CC(O)(CO)CNC(=O)c1cccc2ccccc12. The second-order valence-corrected chi connectivity index (χ2v) is 4.86. The van der Waals surface area contributed by atoms with Gasteiger partial charge in [0.1, 0.15) is 5.60 Å². The summed E-state index contributed by atoms with van der Waals surface area (Å²) in [5.41, 5.74) is -0.743. The second-order valence-electron chi connectivity index (χ2n) is 4.86. The van der Waals surface area contributed by atoms with Crippen molar-refractivity contribution in [3.63, 3.8) is 0 Å². The highest BCUT2D eigenvalue weighted by molar-refractivity contribution is 6.07. The molecule has 19 heavy (non-hydrogen) atoms. The third-order valence-corrected chi connectivity index (χ3v) is 3.00. The molecular formula is C15H17NO3. The lowest BCUT2D eigenvalue weighted by molar-refractivity contribution is 0.00321. The smallest absolute Gasteiger partial charge is 0.252 e. The van der Waals surface area contributed by atoms with E-state index in [1.165, 1.54) is 6.92 Å². The van der Waals surface area contributed by atoms with Gasteiger partial charge < -0.3 is 15.5 Å². The fourth-order valence-electron chi connectivity index (χ4n) is 1.85. The highest BCUT2D eigenvalue weighted by Crippen LogP contribution is 2.18. The fourth-order valence-corrected chi connectivity index (χ4v) is 1.85. The minimum atomic E-state index is -1.31. The molecule has 2 aromatic rings. The van der Waals surface area contributed by atoms with Crippen molar-refractivity contribution in [2.45, 2.75) is 12.5 Å². The molecule has 1 unspecified atom stereocenters. The molecule has 3 N–H and O–H groups in total. The summed E-state index contributed by atoms with van der Waals surface area (Å²) in [6, 6.07) is 13.1. The average Bonchev–Trinajstić information content (AvgIpc) is 2.44. The van der Waals surface area contributed by atoms with Crippen molar-refractivity contribution in [1.82, 2.24) is 5.32 Å². The van der Waals surface area contributed by atoms with Crippen molar-refractivity contribution in [2.75, 3.05) is 13.2 Å². The van der Waals surface area contributed by atoms with Crippen LogP contribution in [0.1, 0.15) is 17.3 Å². The van der Waals surface area contributed by atoms with Crippen LogP contribution in [0.2, 0.25) is 0 Å². The van der Waals surface area contributed by atoms with E-state index in [4.69, 9.17) is 5.11 Å². The number of aliphatic hydroxyl groups is 2. The molecule has 0 heterocycles. The largest absolute Gasteiger partial charge is 0.393 e. The Hall–Kier alpha value is -1.91. The molecule has 0 aliphatic carbocycles. The lowest BCUT2D eigenvalue weighted by Crippen LogP contribution is -2.43. The van der Waals surface area contributed by atoms with E-state index in [1.807, 2.05) is 36.4 Å². The van der Waals surface area contributed by atoms with E-state index in [-0.39, 0.29) is 12.5 Å². The quantitative estimate of drug-likeness (QED) is 0.775. The van der Waals surface area contributed by atoms with Crippen LogP contribution in [0.25, 0.3) is 10.8 Å². The number of fused-ring (bicyclic) bond motifs is 1. The topological polar surface area (TPSA) is 69.6 Å². The van der Waals surface area contributed by atoms with Crippen LogP contribution >= 0.6 is 0 Å². The molecule has 0 fully saturated rings. The lowest BCUT2D eigenvalue weighted by atomic mass is 10.0. The van der Waals surface area contributed by atoms with Gasteiger partial charge in [-0.1, -0.05) is 36.4 Å². The first-order valence-corrected chi connectivity index (χ1v) is 6.13. The van der Waals surface area contributed by atoms with E-state index in [9.17, 15) is 9.90 Å². The minimum absolute atomic E-state index is 0.00551. The zero-order valence-electron chi connectivity index (χ0n) is 10.8. The Kier molecular flexibility index (Phi) is 3.83. The van der Waals surface area contributed by atoms with E-state index >= 15 is 0 Å². The van der Waals surface area contributed by atoms with Gasteiger partial charge in [0.25, 0.3) is 5.91 Å². The summed E-state index contributed by atoms with van der Waals surface area (Å²) in [7, 11) is 0. The number of benzene rings is 2. The third-order valence-electron chi connectivity index (χ3n) is 3.00. The molecule has 0 radical (unpaired) electrons. The first-order chi connectivity index (χ1) is 9.03. The van der Waals surface area contributed by atoms with Gasteiger partial charge in [0.05, 0.1) is 6.61 Å². The summed E-state index contributed by atoms with van der Waals surface area (Å²) in [6.45, 7) is 1.07. The van der Waals surface area contributed by atoms with Crippen LogP contribution < -0.4 is 5.32 Å². The molecule has 100 valence electrons. The molecule has 0 aliphatic rings. The van der Waals surface area contributed by atoms with Crippen LogP contribution in [0.4, 0.5) is 0 Å². The number of aliphatic hydroxyl groups excluding tert-OH is 1. The molecule has 1 amide bonds. The molecule has 0 spiro atoms. The van der Waals surface area contributed by atoms with Crippen LogP contribution in [0.15, 0.2) is 42.5 Å². The summed E-state index contributed by atoms with van der Waals surface area (Å²) in [6.07, 6.45) is 0. The van der Waals surface area contributed by atoms with Crippen LogP contribution in [0.3, 0.4) is 0 Å². The van der Waals surface area contributed by atoms with Crippen LogP contribution in [0.5, 0.6) is 0 Å². The molecule has 2 aromatic carbocycles. The van der Waals surface area contributed by atoms with E-state index in [0.29, 0.717) is 5.56 Å². The maximum absolute atomic E-state index is 12.1. The molecule has 4 nitrogen and oxygen atoms in total. The maximum Gasteiger partial charge on any atom is 0.252 e. The number of amides is 1. The first-order valence-electron chi connectivity index (χ1n) is 6.13. The number of carbonyl (C=O) groups is 1. The van der Waals surface area contributed by atoms with Gasteiger partial charge in [-0.05, 0) is 23.8 Å². The van der Waals surface area contributed by atoms with Crippen LogP contribution in [-0.4, -0.2) is 34.9 Å². The Morgan fingerprint density at radius 3 is 2.63 bits per heavy atom. The molecule has 0 bridgehead atoms. The van der Waals surface area contributed by atoms with E-state index in [1.54, 1.807) is 6.07 Å². The van der Waals surface area contributed by atoms with Gasteiger partial charge in [-0.25, -0.2) is 0 Å². The number of hydrogen-bond donors (Lipinski definition) is 3. The highest BCUT2D eigenvalue weighted by atomic mass is 16.3. The summed E-state index contributed by atoms with van der Waals surface area (Å²) in [5, 5.41) is 23.1. The highest BCUT2D eigenvalue weighted by Gasteiger charge is 2.20. The molecule has 2 rings (SSSR count). The van der Waals surface area contributed by atoms with Crippen LogP contribution in [0, 0.1) is 0 Å². The summed E-state index contributed by atoms with van der Waals surface area (Å²) >= 11 is 0. The Labute approximate surface area is 111 Å². The second kappa shape index (κ2) is 5.38. The molecule has 0 saturated heterocycles. The fraction of sp³-hybridized carbons (Fsp3) is 0.267. The van der Waals surface area contributed by atoms with Crippen molar-refractivity contribution in [1.29, 1.82) is 0 Å². The minimum Gasteiger partial charge on any atom is -0.393 e. The van der Waals surface area contributed by atoms with Crippen molar-refractivity contribution in [2.24, 2.45) is 0 Å². The Bertz CT molecular complexity index is 587. The van der Waals surface area contributed by atoms with Crippen molar-refractivity contribution in [3.05, 3.63) is 48.0 Å². The molecular weight excluding hydrogens is 242 g/mol. The van der Waals surface area contributed by atoms with Crippen molar-refractivity contribution < 1.29 is 15.0 Å². The van der Waals surface area contributed by atoms with Gasteiger partial charge in [-0.3, -0.25) is 4.79 Å². The van der Waals surface area contributed by atoms with Crippen LogP contribution in [-0.2, 0) is 0 Å². The molecule has 1 atom stereocenters. The first kappa shape index (κ1) is 13.5. The Morgan fingerprint density at radius 1 is 1.21 bits per heavy atom. The molecule has 0 aliphatic heterocycles. The Balaban J connectivity index is 2.23. The standard InChI is InChI=1S/C15H17NO3/c1-15(19,10-17)9-16-14(18)13-8-4-6-11-5-2-3-7-12(11)13/h2-8,17,19H,9-10H2,1H3,(H,16,18). The van der Waals surface area contributed by atoms with Gasteiger partial charge in [0.2, 0.25) is 0 Å².